The van der Waals surface area contributed by atoms with Gasteiger partial charge in [0.15, 0.2) is 5.82 Å². The molecule has 0 spiro atoms. The number of aromatic nitrogens is 4. The van der Waals surface area contributed by atoms with Gasteiger partial charge in [-0.1, -0.05) is 17.3 Å². The first-order chi connectivity index (χ1) is 11.1. The fraction of sp³-hybridized carbons (Fsp3) is 0.267. The van der Waals surface area contributed by atoms with Crippen molar-refractivity contribution >= 4 is 0 Å². The molecule has 0 amide bonds. The number of hydrogen-bond donors (Lipinski definition) is 4. The molecule has 120 valence electrons. The molecule has 3 rings (SSSR count). The van der Waals surface area contributed by atoms with E-state index in [2.05, 4.69) is 20.1 Å². The van der Waals surface area contributed by atoms with Gasteiger partial charge >= 0.3 is 0 Å². The molecule has 0 saturated carbocycles. The quantitative estimate of drug-likeness (QED) is 0.531. The normalized spacial score (nSPS) is 13.8. The van der Waals surface area contributed by atoms with Gasteiger partial charge in [0.25, 0.3) is 0 Å². The van der Waals surface area contributed by atoms with Crippen molar-refractivity contribution in [3.05, 3.63) is 59.8 Å². The molecule has 0 fully saturated rings. The lowest BCUT2D eigenvalue weighted by Gasteiger charge is -2.07. The predicted molar refractivity (Wildman–Crippen MR) is 82.3 cm³/mol. The fourth-order valence-electron chi connectivity index (χ4n) is 2.25. The van der Waals surface area contributed by atoms with Crippen molar-refractivity contribution in [1.29, 1.82) is 0 Å². The van der Waals surface area contributed by atoms with Gasteiger partial charge in [0.2, 0.25) is 5.89 Å². The molecule has 0 unspecified atom stereocenters. The van der Waals surface area contributed by atoms with E-state index in [1.807, 2.05) is 0 Å². The van der Waals surface area contributed by atoms with Crippen LogP contribution >= 0.6 is 0 Å². The largest absolute Gasteiger partial charge is 0.508 e. The summed E-state index contributed by atoms with van der Waals surface area (Å²) in [5.41, 5.74) is 14.0. The van der Waals surface area contributed by atoms with E-state index in [-0.39, 0.29) is 5.75 Å². The summed E-state index contributed by atoms with van der Waals surface area (Å²) < 4.78 is 5.21. The number of benzene rings is 1. The number of aromatic hydroxyl groups is 1. The Morgan fingerprint density at radius 1 is 1.13 bits per heavy atom. The second-order valence-corrected chi connectivity index (χ2v) is 5.36. The van der Waals surface area contributed by atoms with Crippen LogP contribution in [0, 0.1) is 0 Å². The summed E-state index contributed by atoms with van der Waals surface area (Å²) >= 11 is 0. The molecular formula is C15H18N6O2. The van der Waals surface area contributed by atoms with Gasteiger partial charge in [0.05, 0.1) is 18.4 Å². The van der Waals surface area contributed by atoms with E-state index in [0.29, 0.717) is 24.6 Å². The second kappa shape index (κ2) is 6.59. The van der Waals surface area contributed by atoms with Crippen LogP contribution in [-0.4, -0.2) is 25.2 Å². The van der Waals surface area contributed by atoms with Gasteiger partial charge in [-0.25, -0.2) is 4.98 Å². The molecule has 0 aliphatic rings. The number of nitrogens with zero attached hydrogens (tertiary/aromatic N) is 3. The van der Waals surface area contributed by atoms with E-state index in [1.54, 1.807) is 36.8 Å². The SMILES string of the molecule is N[C@@H](Cc1ccc(O)cc1)c1noc([C@@H](N)Cc2cnc[nH]2)n1. The van der Waals surface area contributed by atoms with Crippen LogP contribution in [-0.2, 0) is 12.8 Å². The minimum absolute atomic E-state index is 0.217. The smallest absolute Gasteiger partial charge is 0.244 e. The van der Waals surface area contributed by atoms with Gasteiger partial charge in [-0.15, -0.1) is 0 Å². The van der Waals surface area contributed by atoms with Gasteiger partial charge in [0, 0.05) is 18.3 Å². The fourth-order valence-corrected chi connectivity index (χ4v) is 2.25. The number of phenolic OH excluding ortho intramolecular Hbond substituents is 1. The molecule has 0 bridgehead atoms. The maximum absolute atomic E-state index is 9.29. The molecule has 2 aromatic heterocycles. The summed E-state index contributed by atoms with van der Waals surface area (Å²) in [6.45, 7) is 0. The lowest BCUT2D eigenvalue weighted by molar-refractivity contribution is 0.347. The first-order valence-electron chi connectivity index (χ1n) is 7.21. The number of nitrogens with one attached hydrogen (secondary N) is 1. The highest BCUT2D eigenvalue weighted by atomic mass is 16.5. The molecule has 2 atom stereocenters. The Morgan fingerprint density at radius 3 is 2.61 bits per heavy atom. The Balaban J connectivity index is 1.64. The summed E-state index contributed by atoms with van der Waals surface area (Å²) in [6.07, 6.45) is 4.35. The van der Waals surface area contributed by atoms with E-state index in [9.17, 15) is 5.11 Å². The summed E-state index contributed by atoms with van der Waals surface area (Å²) in [6, 6.07) is 6.02. The zero-order chi connectivity index (χ0) is 16.2. The summed E-state index contributed by atoms with van der Waals surface area (Å²) in [7, 11) is 0. The minimum Gasteiger partial charge on any atom is -0.508 e. The first-order valence-corrected chi connectivity index (χ1v) is 7.21. The first kappa shape index (κ1) is 15.2. The molecule has 23 heavy (non-hydrogen) atoms. The van der Waals surface area contributed by atoms with Gasteiger partial charge in [-0.2, -0.15) is 4.98 Å². The molecule has 8 nitrogen and oxygen atoms in total. The van der Waals surface area contributed by atoms with E-state index >= 15 is 0 Å². The molecule has 0 radical (unpaired) electrons. The van der Waals surface area contributed by atoms with E-state index < -0.39 is 12.1 Å². The molecule has 0 aliphatic carbocycles. The third-order valence-electron chi connectivity index (χ3n) is 3.49. The van der Waals surface area contributed by atoms with Crippen molar-refractivity contribution in [3.63, 3.8) is 0 Å². The maximum atomic E-state index is 9.29. The minimum atomic E-state index is -0.419. The van der Waals surface area contributed by atoms with Crippen LogP contribution in [0.1, 0.15) is 35.1 Å². The predicted octanol–water partition coefficient (Wildman–Crippen LogP) is 0.983. The summed E-state index contributed by atoms with van der Waals surface area (Å²) in [4.78, 5) is 11.2. The van der Waals surface area contributed by atoms with Crippen molar-refractivity contribution in [1.82, 2.24) is 20.1 Å². The number of H-pyrrole nitrogens is 1. The Kier molecular flexibility index (Phi) is 4.35. The van der Waals surface area contributed by atoms with Gasteiger partial charge in [0.1, 0.15) is 5.75 Å². The standard InChI is InChI=1S/C15H18N6O2/c16-12(5-9-1-3-11(22)4-2-9)14-20-15(23-21-14)13(17)6-10-7-18-8-19-10/h1-4,7-8,12-13,22H,5-6,16-17H2,(H,18,19)/t12-,13-/m0/s1. The van der Waals surface area contributed by atoms with Gasteiger partial charge in [-0.3, -0.25) is 0 Å². The van der Waals surface area contributed by atoms with Crippen LogP contribution in [0.2, 0.25) is 0 Å². The van der Waals surface area contributed by atoms with Crippen LogP contribution in [0.4, 0.5) is 0 Å². The topological polar surface area (TPSA) is 140 Å². The third kappa shape index (κ3) is 3.74. The van der Waals surface area contributed by atoms with Crippen LogP contribution in [0.3, 0.4) is 0 Å². The van der Waals surface area contributed by atoms with Crippen molar-refractivity contribution in [2.75, 3.05) is 0 Å². The Labute approximate surface area is 132 Å². The lowest BCUT2D eigenvalue weighted by Crippen LogP contribution is -2.17. The number of rotatable bonds is 6. The average Bonchev–Trinajstić information content (AvgIpc) is 3.20. The lowest BCUT2D eigenvalue weighted by atomic mass is 10.1. The van der Waals surface area contributed by atoms with E-state index in [1.165, 1.54) is 0 Å². The zero-order valence-electron chi connectivity index (χ0n) is 12.4. The van der Waals surface area contributed by atoms with Crippen molar-refractivity contribution in [2.45, 2.75) is 24.9 Å². The molecule has 3 aromatic rings. The number of nitrogens with two attached hydrogens (primary N) is 2. The van der Waals surface area contributed by atoms with Crippen LogP contribution in [0.15, 0.2) is 41.3 Å². The highest BCUT2D eigenvalue weighted by Crippen LogP contribution is 2.18. The van der Waals surface area contributed by atoms with E-state index in [0.717, 1.165) is 11.3 Å². The number of aromatic amines is 1. The van der Waals surface area contributed by atoms with Crippen molar-refractivity contribution in [3.8, 4) is 5.75 Å². The highest BCUT2D eigenvalue weighted by Gasteiger charge is 2.19. The summed E-state index contributed by atoms with van der Waals surface area (Å²) in [5.74, 6) is 0.970. The Morgan fingerprint density at radius 2 is 1.91 bits per heavy atom. The average molecular weight is 314 g/mol. The number of phenols is 1. The number of imidazole rings is 1. The van der Waals surface area contributed by atoms with E-state index in [4.69, 9.17) is 16.0 Å². The molecule has 0 aliphatic heterocycles. The molecular weight excluding hydrogens is 296 g/mol. The third-order valence-corrected chi connectivity index (χ3v) is 3.49. The molecule has 1 aromatic carbocycles. The van der Waals surface area contributed by atoms with Crippen LogP contribution in [0.5, 0.6) is 5.75 Å². The second-order valence-electron chi connectivity index (χ2n) is 5.36. The Bertz CT molecular complexity index is 738. The number of hydrogen-bond acceptors (Lipinski definition) is 7. The monoisotopic (exact) mass is 314 g/mol. The molecule has 0 saturated heterocycles. The van der Waals surface area contributed by atoms with Gasteiger partial charge in [-0.05, 0) is 24.1 Å². The van der Waals surface area contributed by atoms with Crippen molar-refractivity contribution < 1.29 is 9.63 Å². The highest BCUT2D eigenvalue weighted by molar-refractivity contribution is 5.26. The van der Waals surface area contributed by atoms with Gasteiger partial charge < -0.3 is 26.1 Å². The molecule has 8 heteroatoms. The Hall–Kier alpha value is -2.71. The maximum Gasteiger partial charge on any atom is 0.244 e. The summed E-state index contributed by atoms with van der Waals surface area (Å²) in [5, 5.41) is 13.2. The van der Waals surface area contributed by atoms with Crippen molar-refractivity contribution in [2.24, 2.45) is 11.5 Å². The van der Waals surface area contributed by atoms with Crippen LogP contribution in [0.25, 0.3) is 0 Å². The van der Waals surface area contributed by atoms with Crippen LogP contribution < -0.4 is 11.5 Å². The molecule has 2 heterocycles. The zero-order valence-corrected chi connectivity index (χ0v) is 12.4. The molecule has 6 N–H and O–H groups in total.